The summed E-state index contributed by atoms with van der Waals surface area (Å²) in [5.41, 5.74) is 28.0. The van der Waals surface area contributed by atoms with Crippen LogP contribution >= 0.6 is 0 Å². The molecule has 3 rings (SSSR count). The van der Waals surface area contributed by atoms with Crippen LogP contribution in [0.15, 0.2) is 64.8 Å². The number of amides is 1. The van der Waals surface area contributed by atoms with Gasteiger partial charge in [0.05, 0.1) is 19.3 Å². The smallest absolute Gasteiger partial charge is 0.229 e. The molecule has 1 heterocycles. The summed E-state index contributed by atoms with van der Waals surface area (Å²) in [5, 5.41) is 15.3. The molecule has 2 aromatic carbocycles. The van der Waals surface area contributed by atoms with Crippen LogP contribution in [0.3, 0.4) is 0 Å². The molecule has 0 spiro atoms. The van der Waals surface area contributed by atoms with Crippen molar-refractivity contribution in [1.82, 2.24) is 20.3 Å². The highest BCUT2D eigenvalue weighted by atomic mass is 16.5. The summed E-state index contributed by atoms with van der Waals surface area (Å²) in [4.78, 5) is 19.9. The molecule has 46 heavy (non-hydrogen) atoms. The third-order valence-electron chi connectivity index (χ3n) is 7.16. The molecule has 0 aliphatic carbocycles. The first kappa shape index (κ1) is 35.7. The van der Waals surface area contributed by atoms with E-state index in [-0.39, 0.29) is 24.5 Å². The van der Waals surface area contributed by atoms with Crippen molar-refractivity contribution in [2.24, 2.45) is 33.2 Å². The van der Waals surface area contributed by atoms with Gasteiger partial charge in [0.15, 0.2) is 5.96 Å². The van der Waals surface area contributed by atoms with Gasteiger partial charge in [-0.15, -0.1) is 5.10 Å². The van der Waals surface area contributed by atoms with E-state index in [0.29, 0.717) is 69.3 Å². The average molecular weight is 634 g/mol. The summed E-state index contributed by atoms with van der Waals surface area (Å²) in [6, 6.07) is 14.6. The molecule has 0 bridgehead atoms. The predicted octanol–water partition coefficient (Wildman–Crippen LogP) is 4.30. The van der Waals surface area contributed by atoms with Gasteiger partial charge < -0.3 is 32.0 Å². The number of guanidine groups is 1. The van der Waals surface area contributed by atoms with Crippen LogP contribution in [-0.2, 0) is 17.9 Å². The number of azide groups is 1. The SMILES string of the molecule is CC(C)CCOc1ccccc1-c1ccccc1OCc1cn(C[C@@H](CCCN=C(N)N)NC(=O)[C@@H](CCCCN)N=[N+]=[N-])nn1. The van der Waals surface area contributed by atoms with Gasteiger partial charge >= 0.3 is 0 Å². The van der Waals surface area contributed by atoms with E-state index in [9.17, 15) is 4.79 Å². The molecule has 1 aromatic heterocycles. The Kier molecular flexibility index (Phi) is 15.2. The second kappa shape index (κ2) is 19.6. The summed E-state index contributed by atoms with van der Waals surface area (Å²) >= 11 is 0. The normalized spacial score (nSPS) is 12.2. The van der Waals surface area contributed by atoms with E-state index >= 15 is 0 Å². The van der Waals surface area contributed by atoms with E-state index in [1.165, 1.54) is 0 Å². The molecule has 14 nitrogen and oxygen atoms in total. The first-order valence-corrected chi connectivity index (χ1v) is 15.7. The summed E-state index contributed by atoms with van der Waals surface area (Å²) < 4.78 is 14.0. The Morgan fingerprint density at radius 1 is 1.00 bits per heavy atom. The van der Waals surface area contributed by atoms with Crippen LogP contribution in [0, 0.1) is 5.92 Å². The summed E-state index contributed by atoms with van der Waals surface area (Å²) in [6.07, 6.45) is 5.75. The quantitative estimate of drug-likeness (QED) is 0.0330. The van der Waals surface area contributed by atoms with Gasteiger partial charge in [0.1, 0.15) is 29.8 Å². The van der Waals surface area contributed by atoms with Crippen molar-refractivity contribution >= 4 is 11.9 Å². The number of nitrogens with one attached hydrogen (secondary N) is 1. The van der Waals surface area contributed by atoms with Crippen LogP contribution in [0.25, 0.3) is 21.6 Å². The number of aromatic nitrogens is 3. The predicted molar refractivity (Wildman–Crippen MR) is 179 cm³/mol. The number of carbonyl (C=O) groups excluding carboxylic acids is 1. The van der Waals surface area contributed by atoms with Crippen molar-refractivity contribution in [3.05, 3.63) is 70.9 Å². The molecule has 248 valence electrons. The third kappa shape index (κ3) is 12.3. The van der Waals surface area contributed by atoms with E-state index in [1.54, 1.807) is 10.9 Å². The minimum atomic E-state index is -0.831. The monoisotopic (exact) mass is 633 g/mol. The zero-order chi connectivity index (χ0) is 33.1. The molecule has 3 aromatic rings. The third-order valence-corrected chi connectivity index (χ3v) is 7.16. The fraction of sp³-hybridized carbons (Fsp3) is 0.500. The van der Waals surface area contributed by atoms with Crippen LogP contribution in [0.5, 0.6) is 11.5 Å². The van der Waals surface area contributed by atoms with Gasteiger partial charge in [-0.25, -0.2) is 0 Å². The molecule has 0 unspecified atom stereocenters. The maximum Gasteiger partial charge on any atom is 0.229 e. The van der Waals surface area contributed by atoms with Gasteiger partial charge in [-0.05, 0) is 62.2 Å². The lowest BCUT2D eigenvalue weighted by atomic mass is 10.0. The Hall–Kier alpha value is -4.81. The lowest BCUT2D eigenvalue weighted by Gasteiger charge is -2.20. The molecular formula is C32H47N11O3. The molecule has 14 heteroatoms. The molecular weight excluding hydrogens is 586 g/mol. The molecule has 1 amide bonds. The van der Waals surface area contributed by atoms with E-state index in [4.69, 9.17) is 32.2 Å². The molecule has 0 saturated heterocycles. The van der Waals surface area contributed by atoms with Crippen LogP contribution in [0.2, 0.25) is 0 Å². The fourth-order valence-corrected chi connectivity index (χ4v) is 4.74. The number of ether oxygens (including phenoxy) is 2. The summed E-state index contributed by atoms with van der Waals surface area (Å²) in [5.74, 6) is 1.71. The van der Waals surface area contributed by atoms with E-state index in [2.05, 4.69) is 44.5 Å². The number of hydrogen-bond acceptors (Lipinski definition) is 8. The van der Waals surface area contributed by atoms with Crippen molar-refractivity contribution in [1.29, 1.82) is 0 Å². The lowest BCUT2D eigenvalue weighted by Crippen LogP contribution is -2.43. The zero-order valence-corrected chi connectivity index (χ0v) is 26.8. The molecule has 0 fully saturated rings. The molecule has 7 N–H and O–H groups in total. The number of nitrogens with two attached hydrogens (primary N) is 3. The first-order valence-electron chi connectivity index (χ1n) is 15.7. The number of benzene rings is 2. The number of aliphatic imine (C=N–C) groups is 1. The van der Waals surface area contributed by atoms with Crippen LogP contribution in [0.1, 0.15) is 58.1 Å². The van der Waals surface area contributed by atoms with Crippen LogP contribution in [0.4, 0.5) is 0 Å². The Morgan fingerprint density at radius 3 is 2.35 bits per heavy atom. The lowest BCUT2D eigenvalue weighted by molar-refractivity contribution is -0.123. The highest BCUT2D eigenvalue weighted by Crippen LogP contribution is 2.36. The standard InChI is InChI=1S/C32H47N11O3/c1-23(2)16-19-45-29-14-5-3-11-26(29)27-12-4-6-15-30(27)46-22-25-21-43(42-39-25)20-24(10-9-18-37-32(34)35)38-31(44)28(40-41-36)13-7-8-17-33/h3-6,11-12,14-15,21,23-24,28H,7-10,13,16-20,22,33H2,1-2H3,(H,38,44)(H4,34,35,37)/t24-,28-/m1/s1. The second-order valence-corrected chi connectivity index (χ2v) is 11.4. The fourth-order valence-electron chi connectivity index (χ4n) is 4.74. The Morgan fingerprint density at radius 2 is 1.70 bits per heavy atom. The summed E-state index contributed by atoms with van der Waals surface area (Å²) in [6.45, 7) is 6.42. The average Bonchev–Trinajstić information content (AvgIpc) is 3.49. The van der Waals surface area contributed by atoms with Crippen molar-refractivity contribution in [3.8, 4) is 22.6 Å². The number of hydrogen-bond donors (Lipinski definition) is 4. The minimum absolute atomic E-state index is 0.00791. The summed E-state index contributed by atoms with van der Waals surface area (Å²) in [7, 11) is 0. The topological polar surface area (TPSA) is 217 Å². The Labute approximate surface area is 270 Å². The number of carbonyl (C=O) groups is 1. The molecule has 0 saturated carbocycles. The molecule has 0 aliphatic rings. The zero-order valence-electron chi connectivity index (χ0n) is 26.8. The van der Waals surface area contributed by atoms with Crippen LogP contribution in [-0.4, -0.2) is 58.6 Å². The number of para-hydroxylation sites is 2. The van der Waals surface area contributed by atoms with Gasteiger partial charge in [-0.3, -0.25) is 14.5 Å². The minimum Gasteiger partial charge on any atom is -0.493 e. The first-order chi connectivity index (χ1) is 22.3. The van der Waals surface area contributed by atoms with Crippen molar-refractivity contribution in [3.63, 3.8) is 0 Å². The van der Waals surface area contributed by atoms with Crippen molar-refractivity contribution in [2.45, 2.75) is 77.6 Å². The Balaban J connectivity index is 1.69. The van der Waals surface area contributed by atoms with Gasteiger partial charge in [-0.2, -0.15) is 0 Å². The maximum absolute atomic E-state index is 13.0. The van der Waals surface area contributed by atoms with Gasteiger partial charge in [0.25, 0.3) is 0 Å². The largest absolute Gasteiger partial charge is 0.493 e. The molecule has 2 atom stereocenters. The highest BCUT2D eigenvalue weighted by Gasteiger charge is 2.21. The highest BCUT2D eigenvalue weighted by molar-refractivity contribution is 5.82. The Bertz CT molecular complexity index is 1430. The maximum atomic E-state index is 13.0. The van der Waals surface area contributed by atoms with Gasteiger partial charge in [-0.1, -0.05) is 67.0 Å². The van der Waals surface area contributed by atoms with Crippen molar-refractivity contribution < 1.29 is 14.3 Å². The number of unbranched alkanes of at least 4 members (excludes halogenated alkanes) is 1. The number of rotatable bonds is 21. The second-order valence-electron chi connectivity index (χ2n) is 11.4. The van der Waals surface area contributed by atoms with E-state index in [0.717, 1.165) is 29.7 Å². The van der Waals surface area contributed by atoms with Gasteiger partial charge in [0.2, 0.25) is 5.91 Å². The number of nitrogens with zero attached hydrogens (tertiary/aromatic N) is 7. The van der Waals surface area contributed by atoms with Crippen LogP contribution < -0.4 is 32.0 Å². The van der Waals surface area contributed by atoms with Gasteiger partial charge in [0, 0.05) is 28.6 Å². The molecule has 0 radical (unpaired) electrons. The van der Waals surface area contributed by atoms with Crippen molar-refractivity contribution in [2.75, 3.05) is 19.7 Å². The molecule has 0 aliphatic heterocycles. The van der Waals surface area contributed by atoms with E-state index in [1.807, 2.05) is 48.5 Å². The van der Waals surface area contributed by atoms with E-state index < -0.39 is 6.04 Å².